The van der Waals surface area contributed by atoms with Crippen LogP contribution in [0.1, 0.15) is 19.3 Å². The van der Waals surface area contributed by atoms with Crippen LogP contribution in [0.15, 0.2) is 0 Å². The second-order valence-electron chi connectivity index (χ2n) is 3.90. The highest BCUT2D eigenvalue weighted by Gasteiger charge is 2.26. The molecular formula is C11H21NO4. The number of methoxy groups -OCH3 is 1. The maximum atomic E-state index is 12.0. The molecule has 1 saturated heterocycles. The van der Waals surface area contributed by atoms with E-state index < -0.39 is 0 Å². The van der Waals surface area contributed by atoms with Gasteiger partial charge in [-0.1, -0.05) is 0 Å². The van der Waals surface area contributed by atoms with Crippen molar-refractivity contribution in [3.63, 3.8) is 0 Å². The molecule has 94 valence electrons. The van der Waals surface area contributed by atoms with Crippen molar-refractivity contribution in [2.45, 2.75) is 25.4 Å². The summed E-state index contributed by atoms with van der Waals surface area (Å²) in [7, 11) is 1.60. The van der Waals surface area contributed by atoms with Crippen molar-refractivity contribution in [3.8, 4) is 0 Å². The Labute approximate surface area is 96.3 Å². The highest BCUT2D eigenvalue weighted by atomic mass is 16.5. The number of carbonyl (C=O) groups excluding carboxylic acids is 1. The molecule has 0 aromatic rings. The third kappa shape index (κ3) is 4.08. The van der Waals surface area contributed by atoms with Crippen LogP contribution in [0, 0.1) is 0 Å². The van der Waals surface area contributed by atoms with Gasteiger partial charge in [0.05, 0.1) is 13.2 Å². The summed E-state index contributed by atoms with van der Waals surface area (Å²) in [5.41, 5.74) is 0. The van der Waals surface area contributed by atoms with Gasteiger partial charge in [-0.05, 0) is 19.3 Å². The van der Waals surface area contributed by atoms with E-state index in [2.05, 4.69) is 0 Å². The smallest absolute Gasteiger partial charge is 0.251 e. The molecular weight excluding hydrogens is 210 g/mol. The van der Waals surface area contributed by atoms with Crippen molar-refractivity contribution in [2.75, 3.05) is 40.0 Å². The first-order chi connectivity index (χ1) is 7.79. The predicted octanol–water partition coefficient (Wildman–Crippen LogP) is 0.0228. The van der Waals surface area contributed by atoms with E-state index in [1.165, 1.54) is 0 Å². The average molecular weight is 231 g/mol. The quantitative estimate of drug-likeness (QED) is 0.700. The Kier molecular flexibility index (Phi) is 6.37. The molecule has 0 saturated carbocycles. The molecule has 0 aromatic carbocycles. The van der Waals surface area contributed by atoms with Gasteiger partial charge in [0, 0.05) is 26.8 Å². The molecule has 0 aliphatic carbocycles. The minimum absolute atomic E-state index is 0.0224. The van der Waals surface area contributed by atoms with Gasteiger partial charge >= 0.3 is 0 Å². The van der Waals surface area contributed by atoms with Gasteiger partial charge in [-0.15, -0.1) is 0 Å². The molecule has 1 N–H and O–H groups in total. The summed E-state index contributed by atoms with van der Waals surface area (Å²) in [6.45, 7) is 1.98. The molecule has 0 bridgehead atoms. The summed E-state index contributed by atoms with van der Waals surface area (Å²) in [5, 5.41) is 8.91. The van der Waals surface area contributed by atoms with Crippen LogP contribution in [-0.4, -0.2) is 62.0 Å². The van der Waals surface area contributed by atoms with Crippen LogP contribution in [-0.2, 0) is 14.3 Å². The largest absolute Gasteiger partial charge is 0.395 e. The molecule has 1 fully saturated rings. The van der Waals surface area contributed by atoms with Gasteiger partial charge in [-0.2, -0.15) is 0 Å². The van der Waals surface area contributed by atoms with Gasteiger partial charge in [0.1, 0.15) is 6.10 Å². The number of carbonyl (C=O) groups is 1. The number of ether oxygens (including phenoxy) is 2. The van der Waals surface area contributed by atoms with Gasteiger partial charge in [-0.3, -0.25) is 4.79 Å². The Morgan fingerprint density at radius 3 is 2.88 bits per heavy atom. The molecule has 1 unspecified atom stereocenters. The monoisotopic (exact) mass is 231 g/mol. The number of hydrogen-bond donors (Lipinski definition) is 1. The normalized spacial score (nSPS) is 20.8. The number of amides is 1. The van der Waals surface area contributed by atoms with Crippen LogP contribution in [0.25, 0.3) is 0 Å². The second kappa shape index (κ2) is 7.60. The average Bonchev–Trinajstić information content (AvgIpc) is 2.35. The maximum Gasteiger partial charge on any atom is 0.251 e. The Hall–Kier alpha value is -0.650. The minimum atomic E-state index is -0.322. The van der Waals surface area contributed by atoms with Gasteiger partial charge in [0.15, 0.2) is 0 Å². The topological polar surface area (TPSA) is 59.0 Å². The molecule has 1 heterocycles. The van der Waals surface area contributed by atoms with Crippen LogP contribution >= 0.6 is 0 Å². The Bertz CT molecular complexity index is 204. The van der Waals surface area contributed by atoms with E-state index >= 15 is 0 Å². The van der Waals surface area contributed by atoms with Crippen molar-refractivity contribution in [3.05, 3.63) is 0 Å². The molecule has 5 nitrogen and oxygen atoms in total. The Morgan fingerprint density at radius 2 is 2.31 bits per heavy atom. The lowest BCUT2D eigenvalue weighted by Crippen LogP contribution is -2.44. The van der Waals surface area contributed by atoms with E-state index in [4.69, 9.17) is 14.6 Å². The summed E-state index contributed by atoms with van der Waals surface area (Å²) in [5.74, 6) is -0.0224. The number of aliphatic hydroxyl groups excluding tert-OH is 1. The summed E-state index contributed by atoms with van der Waals surface area (Å²) < 4.78 is 10.4. The molecule has 0 radical (unpaired) electrons. The predicted molar refractivity (Wildman–Crippen MR) is 59.1 cm³/mol. The van der Waals surface area contributed by atoms with Crippen LogP contribution in [0.5, 0.6) is 0 Å². The van der Waals surface area contributed by atoms with Crippen molar-refractivity contribution in [2.24, 2.45) is 0 Å². The lowest BCUT2D eigenvalue weighted by Gasteiger charge is -2.28. The third-order valence-corrected chi connectivity index (χ3v) is 2.70. The molecule has 1 atom stereocenters. The minimum Gasteiger partial charge on any atom is -0.395 e. The van der Waals surface area contributed by atoms with Gasteiger partial charge in [0.2, 0.25) is 0 Å². The number of aliphatic hydroxyl groups is 1. The van der Waals surface area contributed by atoms with Crippen molar-refractivity contribution in [1.82, 2.24) is 4.90 Å². The highest BCUT2D eigenvalue weighted by Crippen LogP contribution is 2.14. The zero-order valence-corrected chi connectivity index (χ0v) is 9.85. The summed E-state index contributed by atoms with van der Waals surface area (Å²) >= 11 is 0. The third-order valence-electron chi connectivity index (χ3n) is 2.70. The van der Waals surface area contributed by atoms with Crippen LogP contribution in [0.4, 0.5) is 0 Å². The zero-order valence-electron chi connectivity index (χ0n) is 9.85. The van der Waals surface area contributed by atoms with Crippen molar-refractivity contribution in [1.29, 1.82) is 0 Å². The molecule has 1 aliphatic heterocycles. The van der Waals surface area contributed by atoms with E-state index in [9.17, 15) is 4.79 Å². The molecule has 16 heavy (non-hydrogen) atoms. The summed E-state index contributed by atoms with van der Waals surface area (Å²) in [6, 6.07) is 0. The fourth-order valence-corrected chi connectivity index (χ4v) is 1.79. The van der Waals surface area contributed by atoms with Gasteiger partial charge < -0.3 is 19.5 Å². The van der Waals surface area contributed by atoms with Crippen molar-refractivity contribution < 1.29 is 19.4 Å². The number of rotatable bonds is 6. The fourth-order valence-electron chi connectivity index (χ4n) is 1.79. The van der Waals surface area contributed by atoms with E-state index in [0.717, 1.165) is 19.3 Å². The highest BCUT2D eigenvalue weighted by molar-refractivity contribution is 5.81. The SMILES string of the molecule is COCCN(CCO)C(=O)C1CCCCO1. The van der Waals surface area contributed by atoms with Gasteiger partial charge in [-0.25, -0.2) is 0 Å². The van der Waals surface area contributed by atoms with Crippen LogP contribution < -0.4 is 0 Å². The lowest BCUT2D eigenvalue weighted by atomic mass is 10.1. The first kappa shape index (κ1) is 13.4. The first-order valence-corrected chi connectivity index (χ1v) is 5.79. The Balaban J connectivity index is 2.44. The number of nitrogens with zero attached hydrogens (tertiary/aromatic N) is 1. The van der Waals surface area contributed by atoms with E-state index in [0.29, 0.717) is 26.3 Å². The van der Waals surface area contributed by atoms with E-state index in [-0.39, 0.29) is 18.6 Å². The van der Waals surface area contributed by atoms with Crippen LogP contribution in [0.3, 0.4) is 0 Å². The molecule has 0 spiro atoms. The maximum absolute atomic E-state index is 12.0. The molecule has 1 amide bonds. The van der Waals surface area contributed by atoms with E-state index in [1.54, 1.807) is 12.0 Å². The zero-order chi connectivity index (χ0) is 11.8. The summed E-state index contributed by atoms with van der Waals surface area (Å²) in [6.07, 6.45) is 2.53. The van der Waals surface area contributed by atoms with Gasteiger partial charge in [0.25, 0.3) is 5.91 Å². The second-order valence-corrected chi connectivity index (χ2v) is 3.90. The summed E-state index contributed by atoms with van der Waals surface area (Å²) in [4.78, 5) is 13.6. The molecule has 0 aromatic heterocycles. The van der Waals surface area contributed by atoms with E-state index in [1.807, 2.05) is 0 Å². The lowest BCUT2D eigenvalue weighted by molar-refractivity contribution is -0.147. The van der Waals surface area contributed by atoms with Crippen molar-refractivity contribution >= 4 is 5.91 Å². The first-order valence-electron chi connectivity index (χ1n) is 5.79. The fraction of sp³-hybridized carbons (Fsp3) is 0.909. The van der Waals surface area contributed by atoms with Crippen LogP contribution in [0.2, 0.25) is 0 Å². The molecule has 1 rings (SSSR count). The standard InChI is InChI=1S/C11H21NO4/c1-15-9-6-12(5-7-13)11(14)10-4-2-3-8-16-10/h10,13H,2-9H2,1H3. The molecule has 1 aliphatic rings. The number of hydrogen-bond acceptors (Lipinski definition) is 4. The Morgan fingerprint density at radius 1 is 1.50 bits per heavy atom. The molecule has 5 heteroatoms.